The Morgan fingerprint density at radius 3 is 2.65 bits per heavy atom. The van der Waals surface area contributed by atoms with Gasteiger partial charge in [-0.05, 0) is 40.8 Å². The lowest BCUT2D eigenvalue weighted by Crippen LogP contribution is -2.10. The molecule has 4 rings (SSSR count). The molecule has 1 aromatic heterocycles. The maximum absolute atomic E-state index is 9.81. The minimum atomic E-state index is 0.0658. The van der Waals surface area contributed by atoms with Gasteiger partial charge in [-0.15, -0.1) is 0 Å². The molecule has 0 aliphatic carbocycles. The van der Waals surface area contributed by atoms with E-state index in [0.29, 0.717) is 12.4 Å². The number of hydrogen-bond donors (Lipinski definition) is 2. The van der Waals surface area contributed by atoms with Crippen LogP contribution in [0.5, 0.6) is 0 Å². The highest BCUT2D eigenvalue weighted by molar-refractivity contribution is 6.01. The summed E-state index contributed by atoms with van der Waals surface area (Å²) in [5, 5.41) is 9.81. The van der Waals surface area contributed by atoms with Crippen LogP contribution in [0, 0.1) is 0 Å². The molecule has 0 radical (unpaired) electrons. The molecule has 2 heterocycles. The Morgan fingerprint density at radius 2 is 1.85 bits per heavy atom. The van der Waals surface area contributed by atoms with Gasteiger partial charge in [0.25, 0.3) is 0 Å². The lowest BCUT2D eigenvalue weighted by atomic mass is 9.92. The Bertz CT molecular complexity index is 951. The topological polar surface area (TPSA) is 71.5 Å². The summed E-state index contributed by atoms with van der Waals surface area (Å²) in [6.45, 7) is 0.773. The fourth-order valence-corrected chi connectivity index (χ4v) is 3.44. The fourth-order valence-electron chi connectivity index (χ4n) is 3.44. The molecule has 3 N–H and O–H groups in total. The first-order valence-electron chi connectivity index (χ1n) is 8.78. The number of aliphatic hydroxyl groups is 1. The Labute approximate surface area is 153 Å². The number of aliphatic imine (C=N–C) groups is 1. The number of pyridine rings is 1. The maximum atomic E-state index is 9.81. The van der Waals surface area contributed by atoms with Crippen LogP contribution in [0.2, 0.25) is 0 Å². The molecule has 0 fully saturated rings. The molecule has 0 saturated heterocycles. The van der Waals surface area contributed by atoms with Crippen molar-refractivity contribution >= 4 is 5.84 Å². The molecular formula is C22H21N3O. The Hall–Kier alpha value is -2.98. The normalized spacial score (nSPS) is 14.0. The summed E-state index contributed by atoms with van der Waals surface area (Å²) in [6.07, 6.45) is 4.48. The number of benzene rings is 2. The summed E-state index contributed by atoms with van der Waals surface area (Å²) in [5.41, 5.74) is 12.5. The van der Waals surface area contributed by atoms with Crippen molar-refractivity contribution in [2.45, 2.75) is 18.9 Å². The van der Waals surface area contributed by atoms with E-state index in [1.807, 2.05) is 30.6 Å². The summed E-state index contributed by atoms with van der Waals surface area (Å²) < 4.78 is 0. The zero-order chi connectivity index (χ0) is 17.9. The second-order valence-corrected chi connectivity index (χ2v) is 6.65. The van der Waals surface area contributed by atoms with E-state index in [9.17, 15) is 5.11 Å². The first-order valence-corrected chi connectivity index (χ1v) is 8.78. The molecule has 0 bridgehead atoms. The third kappa shape index (κ3) is 3.24. The third-order valence-electron chi connectivity index (χ3n) is 4.91. The van der Waals surface area contributed by atoms with Gasteiger partial charge in [0.1, 0.15) is 5.84 Å². The van der Waals surface area contributed by atoms with E-state index >= 15 is 0 Å². The van der Waals surface area contributed by atoms with Gasteiger partial charge in [-0.3, -0.25) is 9.98 Å². The van der Waals surface area contributed by atoms with E-state index in [0.717, 1.165) is 34.2 Å². The molecule has 4 heteroatoms. The minimum Gasteiger partial charge on any atom is -0.396 e. The molecule has 3 aromatic rings. The van der Waals surface area contributed by atoms with Crippen molar-refractivity contribution in [1.82, 2.24) is 4.98 Å². The zero-order valence-electron chi connectivity index (χ0n) is 14.5. The van der Waals surface area contributed by atoms with E-state index in [4.69, 9.17) is 5.73 Å². The fraction of sp³-hybridized carbons (Fsp3) is 0.182. The molecule has 2 aromatic carbocycles. The van der Waals surface area contributed by atoms with Gasteiger partial charge < -0.3 is 10.8 Å². The van der Waals surface area contributed by atoms with Crippen molar-refractivity contribution in [1.29, 1.82) is 0 Å². The Morgan fingerprint density at radius 1 is 1.00 bits per heavy atom. The number of hydrogen-bond acceptors (Lipinski definition) is 4. The average Bonchev–Trinajstić information content (AvgIpc) is 3.07. The van der Waals surface area contributed by atoms with Gasteiger partial charge in [0.05, 0.1) is 13.2 Å². The van der Waals surface area contributed by atoms with Crippen LogP contribution in [0.3, 0.4) is 0 Å². The summed E-state index contributed by atoms with van der Waals surface area (Å²) in [7, 11) is 0. The van der Waals surface area contributed by atoms with Crippen LogP contribution in [0.25, 0.3) is 11.1 Å². The van der Waals surface area contributed by atoms with E-state index in [-0.39, 0.29) is 12.5 Å². The van der Waals surface area contributed by atoms with Crippen LogP contribution in [0.4, 0.5) is 0 Å². The number of rotatable bonds is 5. The predicted molar refractivity (Wildman–Crippen MR) is 104 cm³/mol. The number of amidine groups is 1. The number of fused-ring (bicyclic) bond motifs is 1. The van der Waals surface area contributed by atoms with Crippen molar-refractivity contribution in [2.24, 2.45) is 10.7 Å². The van der Waals surface area contributed by atoms with Gasteiger partial charge in [0.2, 0.25) is 0 Å². The molecular weight excluding hydrogens is 322 g/mol. The number of nitrogens with zero attached hydrogens (tertiary/aromatic N) is 2. The molecule has 26 heavy (non-hydrogen) atoms. The second kappa shape index (κ2) is 7.10. The summed E-state index contributed by atoms with van der Waals surface area (Å²) in [5.74, 6) is 0.673. The first-order chi connectivity index (χ1) is 12.7. The van der Waals surface area contributed by atoms with Crippen LogP contribution >= 0.6 is 0 Å². The van der Waals surface area contributed by atoms with Crippen LogP contribution in [0.1, 0.15) is 28.2 Å². The molecule has 0 unspecified atom stereocenters. The third-order valence-corrected chi connectivity index (χ3v) is 4.91. The molecule has 0 saturated carbocycles. The minimum absolute atomic E-state index is 0.0658. The van der Waals surface area contributed by atoms with E-state index in [1.165, 1.54) is 5.56 Å². The number of aromatic nitrogens is 1. The average molecular weight is 343 g/mol. The van der Waals surface area contributed by atoms with Gasteiger partial charge in [0, 0.05) is 29.4 Å². The molecule has 1 aliphatic heterocycles. The zero-order valence-corrected chi connectivity index (χ0v) is 14.5. The standard InChI is InChI=1S/C22H21N3O/c23-22-21-10-17(6-7-18(21)13-25-22)19-8-15(11-24-12-19)9-20(14-26)16-4-2-1-3-5-16/h1-8,10-12,20,26H,9,13-14H2,(H2,23,25)/t20-/m0/s1. The lowest BCUT2D eigenvalue weighted by Gasteiger charge is -2.15. The van der Waals surface area contributed by atoms with Crippen molar-refractivity contribution in [2.75, 3.05) is 6.61 Å². The molecule has 0 amide bonds. The number of aliphatic hydroxyl groups excluding tert-OH is 1. The van der Waals surface area contributed by atoms with Gasteiger partial charge >= 0.3 is 0 Å². The van der Waals surface area contributed by atoms with Gasteiger partial charge in [0.15, 0.2) is 0 Å². The summed E-state index contributed by atoms with van der Waals surface area (Å²) in [4.78, 5) is 8.70. The number of nitrogens with two attached hydrogens (primary N) is 1. The largest absolute Gasteiger partial charge is 0.396 e. The second-order valence-electron chi connectivity index (χ2n) is 6.65. The van der Waals surface area contributed by atoms with Gasteiger partial charge in [-0.2, -0.15) is 0 Å². The Kier molecular flexibility index (Phi) is 4.50. The highest BCUT2D eigenvalue weighted by Gasteiger charge is 2.15. The van der Waals surface area contributed by atoms with Crippen molar-refractivity contribution < 1.29 is 5.11 Å². The first kappa shape index (κ1) is 16.5. The van der Waals surface area contributed by atoms with Crippen LogP contribution in [-0.4, -0.2) is 22.5 Å². The van der Waals surface area contributed by atoms with E-state index < -0.39 is 0 Å². The van der Waals surface area contributed by atoms with E-state index in [1.54, 1.807) is 0 Å². The maximum Gasteiger partial charge on any atom is 0.126 e. The summed E-state index contributed by atoms with van der Waals surface area (Å²) in [6, 6.07) is 18.5. The molecule has 0 spiro atoms. The Balaban J connectivity index is 1.61. The highest BCUT2D eigenvalue weighted by atomic mass is 16.3. The van der Waals surface area contributed by atoms with Gasteiger partial charge in [-0.1, -0.05) is 42.5 Å². The summed E-state index contributed by atoms with van der Waals surface area (Å²) >= 11 is 0. The lowest BCUT2D eigenvalue weighted by molar-refractivity contribution is 0.264. The monoisotopic (exact) mass is 343 g/mol. The highest BCUT2D eigenvalue weighted by Crippen LogP contribution is 2.27. The van der Waals surface area contributed by atoms with E-state index in [2.05, 4.69) is 46.4 Å². The quantitative estimate of drug-likeness (QED) is 0.747. The van der Waals surface area contributed by atoms with Gasteiger partial charge in [-0.25, -0.2) is 0 Å². The smallest absolute Gasteiger partial charge is 0.126 e. The van der Waals surface area contributed by atoms with Crippen LogP contribution < -0.4 is 5.73 Å². The van der Waals surface area contributed by atoms with Crippen molar-refractivity contribution in [3.8, 4) is 11.1 Å². The SMILES string of the molecule is NC1=NCc2ccc(-c3cncc(C[C@@H](CO)c4ccccc4)c3)cc21. The molecule has 130 valence electrons. The molecule has 4 nitrogen and oxygen atoms in total. The predicted octanol–water partition coefficient (Wildman–Crippen LogP) is 3.29. The van der Waals surface area contributed by atoms with Crippen LogP contribution in [-0.2, 0) is 13.0 Å². The van der Waals surface area contributed by atoms with Crippen molar-refractivity contribution in [3.63, 3.8) is 0 Å². The van der Waals surface area contributed by atoms with Crippen molar-refractivity contribution in [3.05, 3.63) is 89.2 Å². The molecule has 1 aliphatic rings. The molecule has 1 atom stereocenters. The van der Waals surface area contributed by atoms with Crippen LogP contribution in [0.15, 0.2) is 72.0 Å².